The zero-order chi connectivity index (χ0) is 26.1. The Balaban J connectivity index is 1.82. The van der Waals surface area contributed by atoms with Crippen LogP contribution in [0.3, 0.4) is 0 Å². The Kier molecular flexibility index (Phi) is 9.37. The summed E-state index contributed by atoms with van der Waals surface area (Å²) < 4.78 is 0. The summed E-state index contributed by atoms with van der Waals surface area (Å²) in [5, 5.41) is 0. The van der Waals surface area contributed by atoms with Crippen molar-refractivity contribution in [2.75, 3.05) is 0 Å². The minimum Gasteiger partial charge on any atom is -0.0625 e. The number of hydrogen-bond donors (Lipinski definition) is 0. The van der Waals surface area contributed by atoms with Crippen molar-refractivity contribution in [2.45, 2.75) is 138 Å². The van der Waals surface area contributed by atoms with Crippen molar-refractivity contribution in [3.63, 3.8) is 0 Å². The fourth-order valence-corrected chi connectivity index (χ4v) is 9.10. The molecular weight excluding hydrogens is 432 g/mol. The highest BCUT2D eigenvalue weighted by Gasteiger charge is 2.37. The Morgan fingerprint density at radius 2 is 0.694 bits per heavy atom. The molecule has 36 heavy (non-hydrogen) atoms. The van der Waals surface area contributed by atoms with Crippen LogP contribution in [0, 0.1) is 53.3 Å². The van der Waals surface area contributed by atoms with Gasteiger partial charge in [0.2, 0.25) is 0 Å². The molecule has 0 nitrogen and oxygen atoms in total. The Hall–Kier alpha value is -0.780. The Bertz CT molecular complexity index is 709. The molecule has 0 saturated heterocycles. The van der Waals surface area contributed by atoms with Crippen molar-refractivity contribution < 1.29 is 0 Å². The summed E-state index contributed by atoms with van der Waals surface area (Å²) in [5.41, 5.74) is 5.19. The summed E-state index contributed by atoms with van der Waals surface area (Å²) >= 11 is 0. The number of rotatable bonds is 6. The highest BCUT2D eigenvalue weighted by Crippen LogP contribution is 2.50. The maximum absolute atomic E-state index is 2.76. The monoisotopic (exact) mass is 492 g/mol. The zero-order valence-electron chi connectivity index (χ0n) is 25.5. The van der Waals surface area contributed by atoms with Crippen molar-refractivity contribution in [1.29, 1.82) is 0 Å². The zero-order valence-corrected chi connectivity index (χ0v) is 25.5. The molecule has 3 aliphatic carbocycles. The van der Waals surface area contributed by atoms with Crippen molar-refractivity contribution in [2.24, 2.45) is 53.3 Å². The molecule has 0 heteroatoms. The third-order valence-electron chi connectivity index (χ3n) is 11.4. The van der Waals surface area contributed by atoms with E-state index in [0.717, 1.165) is 71.0 Å². The van der Waals surface area contributed by atoms with E-state index in [1.807, 2.05) is 0 Å². The van der Waals surface area contributed by atoms with E-state index >= 15 is 0 Å². The number of benzene rings is 1. The first-order chi connectivity index (χ1) is 17.0. The molecule has 1 aromatic rings. The van der Waals surface area contributed by atoms with Crippen LogP contribution in [0.4, 0.5) is 0 Å². The van der Waals surface area contributed by atoms with Gasteiger partial charge < -0.3 is 0 Å². The molecule has 1 aromatic carbocycles. The predicted molar refractivity (Wildman–Crippen MR) is 159 cm³/mol. The smallest absolute Gasteiger partial charge is 0.0128 e. The van der Waals surface area contributed by atoms with Gasteiger partial charge in [0.05, 0.1) is 0 Å². The lowest BCUT2D eigenvalue weighted by molar-refractivity contribution is 0.189. The lowest BCUT2D eigenvalue weighted by Gasteiger charge is -2.42. The third kappa shape index (κ3) is 6.26. The van der Waals surface area contributed by atoms with Crippen molar-refractivity contribution in [1.82, 2.24) is 0 Å². The normalized spacial score (nSPS) is 38.2. The summed E-state index contributed by atoms with van der Waals surface area (Å²) in [6, 6.07) is 8.28. The molecule has 9 atom stereocenters. The average Bonchev–Trinajstić information content (AvgIpc) is 2.83. The molecule has 204 valence electrons. The minimum absolute atomic E-state index is 0.754. The van der Waals surface area contributed by atoms with Gasteiger partial charge in [-0.05, 0) is 126 Å². The Morgan fingerprint density at radius 1 is 0.444 bits per heavy atom. The molecule has 3 saturated carbocycles. The highest BCUT2D eigenvalue weighted by molar-refractivity contribution is 5.38. The van der Waals surface area contributed by atoms with Gasteiger partial charge in [-0.3, -0.25) is 0 Å². The van der Waals surface area contributed by atoms with E-state index in [2.05, 4.69) is 80.5 Å². The summed E-state index contributed by atoms with van der Waals surface area (Å²) in [6.07, 6.45) is 12.7. The van der Waals surface area contributed by atoms with E-state index in [1.165, 1.54) is 57.8 Å². The molecule has 0 aliphatic heterocycles. The molecule has 0 bridgehead atoms. The first kappa shape index (κ1) is 28.2. The van der Waals surface area contributed by atoms with E-state index in [1.54, 1.807) is 16.7 Å². The van der Waals surface area contributed by atoms with Crippen molar-refractivity contribution >= 4 is 0 Å². The number of hydrogen-bond acceptors (Lipinski definition) is 0. The second-order valence-electron chi connectivity index (χ2n) is 15.2. The van der Waals surface area contributed by atoms with Gasteiger partial charge in [0, 0.05) is 0 Å². The predicted octanol–water partition coefficient (Wildman–Crippen LogP) is 11.2. The van der Waals surface area contributed by atoms with Gasteiger partial charge in [-0.25, -0.2) is 0 Å². The Morgan fingerprint density at radius 3 is 0.917 bits per heavy atom. The van der Waals surface area contributed by atoms with Gasteiger partial charge in [-0.15, -0.1) is 0 Å². The lowest BCUT2D eigenvalue weighted by Crippen LogP contribution is -2.29. The molecule has 0 N–H and O–H groups in total. The largest absolute Gasteiger partial charge is 0.0625 e. The highest BCUT2D eigenvalue weighted by atomic mass is 14.4. The van der Waals surface area contributed by atoms with E-state index < -0.39 is 0 Å². The van der Waals surface area contributed by atoms with Gasteiger partial charge in [-0.2, -0.15) is 0 Å². The topological polar surface area (TPSA) is 0 Å². The van der Waals surface area contributed by atoms with Crippen molar-refractivity contribution in [3.05, 3.63) is 34.9 Å². The summed E-state index contributed by atoms with van der Waals surface area (Å²) in [6.45, 7) is 22.5. The summed E-state index contributed by atoms with van der Waals surface area (Å²) in [5.74, 6) is 9.76. The van der Waals surface area contributed by atoms with Gasteiger partial charge >= 0.3 is 0 Å². The summed E-state index contributed by atoms with van der Waals surface area (Å²) in [7, 11) is 0. The standard InChI is InChI=1S/C36H60/c1-22(2)31-13-10-25(7)16-34(31)28-19-29(35-17-26(8)11-14-32(35)23(3)4)21-30(20-28)36-18-27(9)12-15-33(36)24(5)6/h19-27,31-36H,10-18H2,1-9H3. The molecule has 0 heterocycles. The fourth-order valence-electron chi connectivity index (χ4n) is 9.10. The fraction of sp³-hybridized carbons (Fsp3) is 0.833. The molecule has 0 aromatic heterocycles. The van der Waals surface area contributed by atoms with Crippen LogP contribution in [0.2, 0.25) is 0 Å². The van der Waals surface area contributed by atoms with E-state index in [4.69, 9.17) is 0 Å². The molecular formula is C36H60. The molecule has 0 radical (unpaired) electrons. The average molecular weight is 493 g/mol. The van der Waals surface area contributed by atoms with Gasteiger partial charge in [-0.1, -0.05) is 99.8 Å². The van der Waals surface area contributed by atoms with Gasteiger partial charge in [0.25, 0.3) is 0 Å². The van der Waals surface area contributed by atoms with Crippen LogP contribution in [0.25, 0.3) is 0 Å². The van der Waals surface area contributed by atoms with E-state index in [9.17, 15) is 0 Å². The SMILES string of the molecule is CC1CCC(C(C)C)C(c2cc(C3CC(C)CCC3C(C)C)cc(C3CC(C)CCC3C(C)C)c2)C1. The molecule has 4 rings (SSSR count). The van der Waals surface area contributed by atoms with Crippen LogP contribution in [0.1, 0.15) is 155 Å². The first-order valence-electron chi connectivity index (χ1n) is 16.2. The quantitative estimate of drug-likeness (QED) is 0.370. The Labute approximate surface area is 225 Å². The molecule has 0 amide bonds. The van der Waals surface area contributed by atoms with Gasteiger partial charge in [0.15, 0.2) is 0 Å². The molecule has 9 unspecified atom stereocenters. The van der Waals surface area contributed by atoms with Crippen LogP contribution < -0.4 is 0 Å². The van der Waals surface area contributed by atoms with E-state index in [0.29, 0.717) is 0 Å². The van der Waals surface area contributed by atoms with Crippen LogP contribution in [0.15, 0.2) is 18.2 Å². The molecule has 3 fully saturated rings. The van der Waals surface area contributed by atoms with Crippen LogP contribution in [-0.2, 0) is 0 Å². The summed E-state index contributed by atoms with van der Waals surface area (Å²) in [4.78, 5) is 0. The van der Waals surface area contributed by atoms with E-state index in [-0.39, 0.29) is 0 Å². The maximum Gasteiger partial charge on any atom is -0.0128 e. The lowest BCUT2D eigenvalue weighted by atomic mass is 9.63. The second-order valence-corrected chi connectivity index (χ2v) is 15.2. The first-order valence-corrected chi connectivity index (χ1v) is 16.2. The minimum atomic E-state index is 0.754. The maximum atomic E-state index is 2.76. The van der Waals surface area contributed by atoms with Crippen LogP contribution in [0.5, 0.6) is 0 Å². The van der Waals surface area contributed by atoms with Gasteiger partial charge in [0.1, 0.15) is 0 Å². The van der Waals surface area contributed by atoms with Crippen molar-refractivity contribution in [3.8, 4) is 0 Å². The molecule has 3 aliphatic rings. The molecule has 0 spiro atoms. The third-order valence-corrected chi connectivity index (χ3v) is 11.4. The van der Waals surface area contributed by atoms with Crippen LogP contribution >= 0.6 is 0 Å². The second kappa shape index (κ2) is 11.9. The van der Waals surface area contributed by atoms with Crippen LogP contribution in [-0.4, -0.2) is 0 Å².